The van der Waals surface area contributed by atoms with Gasteiger partial charge in [-0.05, 0) is 89.7 Å². The summed E-state index contributed by atoms with van der Waals surface area (Å²) in [7, 11) is 0. The largest absolute Gasteiger partial charge is 0.390 e. The summed E-state index contributed by atoms with van der Waals surface area (Å²) in [6.45, 7) is 16.5. The highest BCUT2D eigenvalue weighted by molar-refractivity contribution is 5.94. The quantitative estimate of drug-likeness (QED) is 0.433. The fourth-order valence-corrected chi connectivity index (χ4v) is 3.69. The lowest BCUT2D eigenvalue weighted by Crippen LogP contribution is -2.41. The van der Waals surface area contributed by atoms with E-state index in [4.69, 9.17) is 0 Å². The monoisotopic (exact) mass is 445 g/mol. The Hall–Kier alpha value is -1.75. The molecular weight excluding hydrogens is 398 g/mol. The number of carbonyl (C=O) groups is 1. The minimum Gasteiger partial charge on any atom is -0.390 e. The van der Waals surface area contributed by atoms with Crippen molar-refractivity contribution < 1.29 is 9.90 Å². The van der Waals surface area contributed by atoms with Crippen LogP contribution in [-0.2, 0) is 0 Å². The van der Waals surface area contributed by atoms with Gasteiger partial charge in [0.15, 0.2) is 5.82 Å². The van der Waals surface area contributed by atoms with Crippen molar-refractivity contribution in [3.05, 3.63) is 23.4 Å². The number of carbonyl (C=O) groups excluding carboxylic acids is 1. The van der Waals surface area contributed by atoms with Crippen LogP contribution in [0.15, 0.2) is 17.3 Å². The van der Waals surface area contributed by atoms with E-state index in [2.05, 4.69) is 43.0 Å². The van der Waals surface area contributed by atoms with E-state index in [0.29, 0.717) is 17.3 Å². The zero-order chi connectivity index (χ0) is 24.3. The summed E-state index contributed by atoms with van der Waals surface area (Å²) in [6.07, 6.45) is 9.88. The number of unbranched alkanes of at least 4 members (excludes halogenated alkanes) is 1. The number of pyridine rings is 1. The number of hydrogen-bond acceptors (Lipinski definition) is 4. The average Bonchev–Trinajstić information content (AvgIpc) is 2.73. The van der Waals surface area contributed by atoms with Gasteiger partial charge < -0.3 is 10.4 Å². The normalized spacial score (nSPS) is 19.4. The van der Waals surface area contributed by atoms with E-state index in [1.165, 1.54) is 6.42 Å². The Bertz CT molecular complexity index is 727. The van der Waals surface area contributed by atoms with Crippen LogP contribution in [0.3, 0.4) is 0 Å². The van der Waals surface area contributed by atoms with Crippen LogP contribution in [0, 0.1) is 18.8 Å². The number of amides is 1. The molecule has 0 aliphatic heterocycles. The zero-order valence-corrected chi connectivity index (χ0v) is 21.8. The van der Waals surface area contributed by atoms with E-state index in [0.717, 1.165) is 62.1 Å². The van der Waals surface area contributed by atoms with Crippen molar-refractivity contribution in [3.63, 3.8) is 0 Å². The molecule has 2 N–H and O–H groups in total. The molecule has 1 aliphatic carbocycles. The van der Waals surface area contributed by atoms with E-state index < -0.39 is 5.60 Å². The molecule has 1 aromatic rings. The number of aryl methyl sites for hydroxylation is 1. The van der Waals surface area contributed by atoms with Crippen molar-refractivity contribution in [2.45, 2.75) is 118 Å². The van der Waals surface area contributed by atoms with Crippen molar-refractivity contribution in [1.29, 1.82) is 0 Å². The second kappa shape index (κ2) is 13.7. The van der Waals surface area contributed by atoms with E-state index in [1.54, 1.807) is 6.20 Å². The molecule has 1 saturated carbocycles. The van der Waals surface area contributed by atoms with Gasteiger partial charge in [-0.15, -0.1) is 0 Å². The summed E-state index contributed by atoms with van der Waals surface area (Å²) in [5.41, 5.74) is 1.95. The van der Waals surface area contributed by atoms with Crippen LogP contribution in [0.5, 0.6) is 0 Å². The first kappa shape index (κ1) is 28.3. The van der Waals surface area contributed by atoms with Crippen LogP contribution in [0.2, 0.25) is 0 Å². The maximum absolute atomic E-state index is 12.6. The SMILES string of the molecule is CCC(C)C.CCCCC(C)=Nc1ncc(C(=O)NC2CCC(C(C)(C)O)CC2)cc1C. The molecule has 182 valence electrons. The lowest BCUT2D eigenvalue weighted by atomic mass is 9.77. The van der Waals surface area contributed by atoms with Gasteiger partial charge in [-0.25, -0.2) is 9.98 Å². The maximum atomic E-state index is 12.6. The number of aliphatic imine (C=N–C) groups is 1. The molecule has 1 amide bonds. The Kier molecular flexibility index (Phi) is 12.1. The fraction of sp³-hybridized carbons (Fsp3) is 0.741. The Morgan fingerprint density at radius 3 is 2.31 bits per heavy atom. The molecule has 1 aromatic heterocycles. The highest BCUT2D eigenvalue weighted by Gasteiger charge is 2.31. The van der Waals surface area contributed by atoms with Crippen LogP contribution < -0.4 is 5.32 Å². The lowest BCUT2D eigenvalue weighted by Gasteiger charge is -2.36. The third-order valence-electron chi connectivity index (χ3n) is 6.38. The van der Waals surface area contributed by atoms with Crippen molar-refractivity contribution in [2.75, 3.05) is 0 Å². The summed E-state index contributed by atoms with van der Waals surface area (Å²) < 4.78 is 0. The molecule has 5 heteroatoms. The van der Waals surface area contributed by atoms with Gasteiger partial charge in [-0.2, -0.15) is 0 Å². The van der Waals surface area contributed by atoms with Gasteiger partial charge in [-0.3, -0.25) is 4.79 Å². The molecule has 1 aliphatic rings. The van der Waals surface area contributed by atoms with Crippen LogP contribution in [-0.4, -0.2) is 33.4 Å². The van der Waals surface area contributed by atoms with E-state index >= 15 is 0 Å². The number of aliphatic hydroxyl groups is 1. The van der Waals surface area contributed by atoms with E-state index in [1.807, 2.05) is 33.8 Å². The first-order chi connectivity index (χ1) is 15.0. The van der Waals surface area contributed by atoms with Crippen molar-refractivity contribution >= 4 is 17.4 Å². The summed E-state index contributed by atoms with van der Waals surface area (Å²) in [6, 6.07) is 2.04. The first-order valence-corrected chi connectivity index (χ1v) is 12.5. The van der Waals surface area contributed by atoms with Gasteiger partial charge in [0.25, 0.3) is 5.91 Å². The number of hydrogen-bond donors (Lipinski definition) is 2. The van der Waals surface area contributed by atoms with Crippen LogP contribution >= 0.6 is 0 Å². The third kappa shape index (κ3) is 10.2. The van der Waals surface area contributed by atoms with Gasteiger partial charge in [0.2, 0.25) is 0 Å². The molecule has 2 rings (SSSR count). The Morgan fingerprint density at radius 1 is 1.25 bits per heavy atom. The summed E-state index contributed by atoms with van der Waals surface area (Å²) >= 11 is 0. The molecule has 0 radical (unpaired) electrons. The molecule has 32 heavy (non-hydrogen) atoms. The predicted octanol–water partition coefficient (Wildman–Crippen LogP) is 6.78. The van der Waals surface area contributed by atoms with Crippen molar-refractivity contribution in [1.82, 2.24) is 10.3 Å². The molecule has 0 atom stereocenters. The molecule has 0 bridgehead atoms. The fourth-order valence-electron chi connectivity index (χ4n) is 3.69. The third-order valence-corrected chi connectivity index (χ3v) is 6.38. The standard InChI is InChI=1S/C22H35N3O2.C5H12/c1-6-7-8-16(3)24-20-15(2)13-17(14-23-20)21(26)25-19-11-9-18(10-12-19)22(4,5)27;1-4-5(2)3/h13-14,18-19,27H,6-12H2,1-5H3,(H,25,26);5H,4H2,1-3H3. The van der Waals surface area contributed by atoms with Crippen LogP contribution in [0.1, 0.15) is 116 Å². The van der Waals surface area contributed by atoms with Crippen molar-refractivity contribution in [3.8, 4) is 0 Å². The highest BCUT2D eigenvalue weighted by Crippen LogP contribution is 2.32. The molecule has 5 nitrogen and oxygen atoms in total. The molecule has 0 unspecified atom stereocenters. The number of rotatable bonds is 8. The zero-order valence-electron chi connectivity index (χ0n) is 21.8. The lowest BCUT2D eigenvalue weighted by molar-refractivity contribution is -0.00257. The average molecular weight is 446 g/mol. The van der Waals surface area contributed by atoms with Gasteiger partial charge >= 0.3 is 0 Å². The van der Waals surface area contributed by atoms with Gasteiger partial charge in [0.05, 0.1) is 11.2 Å². The maximum Gasteiger partial charge on any atom is 0.253 e. The second-order valence-corrected chi connectivity index (χ2v) is 10.3. The molecule has 1 fully saturated rings. The van der Waals surface area contributed by atoms with Crippen molar-refractivity contribution in [2.24, 2.45) is 16.8 Å². The molecular formula is C27H47N3O2. The second-order valence-electron chi connectivity index (χ2n) is 10.3. The van der Waals surface area contributed by atoms with E-state index in [-0.39, 0.29) is 11.9 Å². The van der Waals surface area contributed by atoms with Gasteiger partial charge in [-0.1, -0.05) is 40.5 Å². The molecule has 0 aromatic carbocycles. The molecule has 0 saturated heterocycles. The number of nitrogens with zero attached hydrogens (tertiary/aromatic N) is 2. The summed E-state index contributed by atoms with van der Waals surface area (Å²) in [5, 5.41) is 13.3. The van der Waals surface area contributed by atoms with E-state index in [9.17, 15) is 9.90 Å². The number of aromatic nitrogens is 1. The predicted molar refractivity (Wildman–Crippen MR) is 136 cm³/mol. The smallest absolute Gasteiger partial charge is 0.253 e. The first-order valence-electron chi connectivity index (χ1n) is 12.5. The minimum absolute atomic E-state index is 0.0736. The number of nitrogens with one attached hydrogen (secondary N) is 1. The Labute approximate surface area is 196 Å². The van der Waals surface area contributed by atoms with Crippen LogP contribution in [0.4, 0.5) is 5.82 Å². The van der Waals surface area contributed by atoms with Crippen LogP contribution in [0.25, 0.3) is 0 Å². The van der Waals surface area contributed by atoms with Gasteiger partial charge in [0.1, 0.15) is 0 Å². The molecule has 0 spiro atoms. The summed E-state index contributed by atoms with van der Waals surface area (Å²) in [5.74, 6) is 1.82. The molecule has 1 heterocycles. The summed E-state index contributed by atoms with van der Waals surface area (Å²) in [4.78, 5) is 21.6. The topological polar surface area (TPSA) is 74.6 Å². The highest BCUT2D eigenvalue weighted by atomic mass is 16.3. The Balaban J connectivity index is 0.000000920. The van der Waals surface area contributed by atoms with Gasteiger partial charge in [0, 0.05) is 18.0 Å². The minimum atomic E-state index is -0.637. The Morgan fingerprint density at radius 2 is 1.84 bits per heavy atom.